The molecule has 2 aromatic carbocycles. The minimum atomic E-state index is 0.749. The lowest BCUT2D eigenvalue weighted by Gasteiger charge is -2.02. The number of hydrogen-bond donors (Lipinski definition) is 0. The molecule has 2 aromatic rings. The third-order valence-corrected chi connectivity index (χ3v) is 2.50. The van der Waals surface area contributed by atoms with Crippen LogP contribution in [0.2, 0.25) is 0 Å². The summed E-state index contributed by atoms with van der Waals surface area (Å²) in [4.78, 5) is 5.34. The lowest BCUT2D eigenvalue weighted by molar-refractivity contribution is 0.341. The Morgan fingerprint density at radius 2 is 1.59 bits per heavy atom. The van der Waals surface area contributed by atoms with E-state index in [1.54, 1.807) is 0 Å². The SMILES string of the molecule is CC(=NOc1ccccc1)c1ccc(C)cc1. The van der Waals surface area contributed by atoms with Gasteiger partial charge >= 0.3 is 0 Å². The van der Waals surface area contributed by atoms with E-state index in [2.05, 4.69) is 24.2 Å². The highest BCUT2D eigenvalue weighted by Crippen LogP contribution is 2.10. The average molecular weight is 225 g/mol. The zero-order valence-electron chi connectivity index (χ0n) is 10.1. The molecule has 0 saturated carbocycles. The van der Waals surface area contributed by atoms with Gasteiger partial charge in [-0.25, -0.2) is 0 Å². The van der Waals surface area contributed by atoms with Gasteiger partial charge in [0.15, 0.2) is 5.75 Å². The second-order valence-electron chi connectivity index (χ2n) is 3.95. The highest BCUT2D eigenvalue weighted by Gasteiger charge is 1.97. The van der Waals surface area contributed by atoms with E-state index in [9.17, 15) is 0 Å². The largest absolute Gasteiger partial charge is 0.357 e. The molecule has 0 fully saturated rings. The van der Waals surface area contributed by atoms with Crippen molar-refractivity contribution in [3.8, 4) is 5.75 Å². The van der Waals surface area contributed by atoms with Gasteiger partial charge < -0.3 is 4.84 Å². The van der Waals surface area contributed by atoms with E-state index >= 15 is 0 Å². The minimum absolute atomic E-state index is 0.749. The first-order chi connectivity index (χ1) is 8.25. The van der Waals surface area contributed by atoms with E-state index in [0.29, 0.717) is 0 Å². The number of nitrogens with zero attached hydrogens (tertiary/aromatic N) is 1. The Labute approximate surface area is 102 Å². The standard InChI is InChI=1S/C15H15NO/c1-12-8-10-14(11-9-12)13(2)16-17-15-6-4-3-5-7-15/h3-11H,1-2H3. The summed E-state index contributed by atoms with van der Waals surface area (Å²) in [6.07, 6.45) is 0. The Bertz CT molecular complexity index is 500. The maximum atomic E-state index is 5.34. The van der Waals surface area contributed by atoms with Crippen molar-refractivity contribution in [1.82, 2.24) is 0 Å². The number of para-hydroxylation sites is 1. The van der Waals surface area contributed by atoms with Crippen molar-refractivity contribution in [3.05, 3.63) is 65.7 Å². The first kappa shape index (κ1) is 11.4. The molecular weight excluding hydrogens is 210 g/mol. The molecule has 0 bridgehead atoms. The second-order valence-corrected chi connectivity index (χ2v) is 3.95. The average Bonchev–Trinajstić information content (AvgIpc) is 2.38. The van der Waals surface area contributed by atoms with Gasteiger partial charge in [0, 0.05) is 0 Å². The maximum Gasteiger partial charge on any atom is 0.157 e. The first-order valence-electron chi connectivity index (χ1n) is 5.59. The Balaban J connectivity index is 2.10. The van der Waals surface area contributed by atoms with Crippen molar-refractivity contribution >= 4 is 5.71 Å². The van der Waals surface area contributed by atoms with Crippen LogP contribution in [0.5, 0.6) is 5.75 Å². The van der Waals surface area contributed by atoms with Crippen LogP contribution in [-0.2, 0) is 0 Å². The van der Waals surface area contributed by atoms with Crippen LogP contribution < -0.4 is 4.84 Å². The highest BCUT2D eigenvalue weighted by atomic mass is 16.6. The molecule has 0 unspecified atom stereocenters. The van der Waals surface area contributed by atoms with Crippen molar-refractivity contribution < 1.29 is 4.84 Å². The monoisotopic (exact) mass is 225 g/mol. The fourth-order valence-corrected chi connectivity index (χ4v) is 1.45. The van der Waals surface area contributed by atoms with Gasteiger partial charge in [-0.2, -0.15) is 0 Å². The Morgan fingerprint density at radius 3 is 2.24 bits per heavy atom. The summed E-state index contributed by atoms with van der Waals surface area (Å²) in [7, 11) is 0. The summed E-state index contributed by atoms with van der Waals surface area (Å²) in [5.74, 6) is 0.749. The first-order valence-corrected chi connectivity index (χ1v) is 5.59. The van der Waals surface area contributed by atoms with E-state index in [4.69, 9.17) is 4.84 Å². The van der Waals surface area contributed by atoms with E-state index < -0.39 is 0 Å². The van der Waals surface area contributed by atoms with Crippen LogP contribution in [0.15, 0.2) is 59.8 Å². The molecule has 0 aliphatic carbocycles. The molecule has 86 valence electrons. The topological polar surface area (TPSA) is 21.6 Å². The Hall–Kier alpha value is -2.09. The number of oxime groups is 1. The summed E-state index contributed by atoms with van der Waals surface area (Å²) in [5, 5.41) is 4.11. The number of aryl methyl sites for hydroxylation is 1. The van der Waals surface area contributed by atoms with Crippen molar-refractivity contribution in [3.63, 3.8) is 0 Å². The molecule has 0 N–H and O–H groups in total. The Morgan fingerprint density at radius 1 is 0.941 bits per heavy atom. The summed E-state index contributed by atoms with van der Waals surface area (Å²) in [6, 6.07) is 17.8. The van der Waals surface area contributed by atoms with Gasteiger partial charge in [0.05, 0.1) is 5.71 Å². The molecule has 2 rings (SSSR count). The normalized spacial score (nSPS) is 11.3. The van der Waals surface area contributed by atoms with Gasteiger partial charge in [0.25, 0.3) is 0 Å². The molecule has 17 heavy (non-hydrogen) atoms. The van der Waals surface area contributed by atoms with Crippen LogP contribution in [0.1, 0.15) is 18.1 Å². The fourth-order valence-electron chi connectivity index (χ4n) is 1.45. The van der Waals surface area contributed by atoms with Crippen LogP contribution in [0, 0.1) is 6.92 Å². The van der Waals surface area contributed by atoms with E-state index in [1.807, 2.05) is 49.4 Å². The summed E-state index contributed by atoms with van der Waals surface area (Å²) in [6.45, 7) is 4.00. The fraction of sp³-hybridized carbons (Fsp3) is 0.133. The third kappa shape index (κ3) is 3.18. The zero-order chi connectivity index (χ0) is 12.1. The van der Waals surface area contributed by atoms with E-state index in [-0.39, 0.29) is 0 Å². The zero-order valence-corrected chi connectivity index (χ0v) is 10.1. The maximum absolute atomic E-state index is 5.34. The summed E-state index contributed by atoms with van der Waals surface area (Å²) < 4.78 is 0. The van der Waals surface area contributed by atoms with Gasteiger partial charge in [-0.15, -0.1) is 0 Å². The molecule has 0 spiro atoms. The molecule has 2 heteroatoms. The van der Waals surface area contributed by atoms with Crippen molar-refractivity contribution in [2.24, 2.45) is 5.16 Å². The van der Waals surface area contributed by atoms with Crippen molar-refractivity contribution in [1.29, 1.82) is 0 Å². The predicted molar refractivity (Wildman–Crippen MR) is 70.5 cm³/mol. The molecule has 0 heterocycles. The molecule has 0 radical (unpaired) electrons. The number of benzene rings is 2. The van der Waals surface area contributed by atoms with E-state index in [1.165, 1.54) is 5.56 Å². The van der Waals surface area contributed by atoms with Crippen LogP contribution in [0.25, 0.3) is 0 Å². The Kier molecular flexibility index (Phi) is 3.55. The molecule has 2 nitrogen and oxygen atoms in total. The summed E-state index contributed by atoms with van der Waals surface area (Å²) >= 11 is 0. The lowest BCUT2D eigenvalue weighted by atomic mass is 10.1. The number of rotatable bonds is 3. The third-order valence-electron chi connectivity index (χ3n) is 2.50. The van der Waals surface area contributed by atoms with Crippen molar-refractivity contribution in [2.75, 3.05) is 0 Å². The molecule has 0 amide bonds. The quantitative estimate of drug-likeness (QED) is 0.575. The predicted octanol–water partition coefficient (Wildman–Crippen LogP) is 3.80. The van der Waals surface area contributed by atoms with Crippen LogP contribution >= 0.6 is 0 Å². The molecule has 0 atom stereocenters. The summed E-state index contributed by atoms with van der Waals surface area (Å²) in [5.41, 5.74) is 3.19. The molecule has 0 aliphatic heterocycles. The van der Waals surface area contributed by atoms with E-state index in [0.717, 1.165) is 17.0 Å². The van der Waals surface area contributed by atoms with Gasteiger partial charge in [0.2, 0.25) is 0 Å². The van der Waals surface area contributed by atoms with Gasteiger partial charge in [-0.05, 0) is 31.5 Å². The highest BCUT2D eigenvalue weighted by molar-refractivity contribution is 5.98. The van der Waals surface area contributed by atoms with Crippen molar-refractivity contribution in [2.45, 2.75) is 13.8 Å². The van der Waals surface area contributed by atoms with Crippen LogP contribution in [-0.4, -0.2) is 5.71 Å². The molecule has 0 aliphatic rings. The second kappa shape index (κ2) is 5.30. The van der Waals surface area contributed by atoms with Gasteiger partial charge in [-0.1, -0.05) is 53.2 Å². The smallest absolute Gasteiger partial charge is 0.157 e. The number of hydrogen-bond acceptors (Lipinski definition) is 2. The van der Waals surface area contributed by atoms with Crippen LogP contribution in [0.4, 0.5) is 0 Å². The molecule has 0 aromatic heterocycles. The lowest BCUT2D eigenvalue weighted by Crippen LogP contribution is -1.97. The van der Waals surface area contributed by atoms with Gasteiger partial charge in [0.1, 0.15) is 0 Å². The molecular formula is C15H15NO. The molecule has 0 saturated heterocycles. The van der Waals surface area contributed by atoms with Crippen LogP contribution in [0.3, 0.4) is 0 Å². The minimum Gasteiger partial charge on any atom is -0.357 e. The van der Waals surface area contributed by atoms with Gasteiger partial charge in [-0.3, -0.25) is 0 Å².